The minimum absolute atomic E-state index is 0.239. The van der Waals surface area contributed by atoms with Gasteiger partial charge in [0.15, 0.2) is 11.5 Å². The van der Waals surface area contributed by atoms with Gasteiger partial charge in [0.25, 0.3) is 0 Å². The molecule has 1 aliphatic heterocycles. The van der Waals surface area contributed by atoms with Crippen molar-refractivity contribution in [2.45, 2.75) is 6.10 Å². The summed E-state index contributed by atoms with van der Waals surface area (Å²) in [5.41, 5.74) is 0. The Morgan fingerprint density at radius 2 is 2.08 bits per heavy atom. The predicted octanol–water partition coefficient (Wildman–Crippen LogP) is 2.00. The van der Waals surface area contributed by atoms with Gasteiger partial charge >= 0.3 is 0 Å². The Morgan fingerprint density at radius 1 is 1.38 bits per heavy atom. The molecule has 0 amide bonds. The highest BCUT2D eigenvalue weighted by Gasteiger charge is 2.23. The Morgan fingerprint density at radius 3 is 2.69 bits per heavy atom. The van der Waals surface area contributed by atoms with E-state index in [4.69, 9.17) is 21.3 Å². The maximum Gasteiger partial charge on any atom is 0.188 e. The lowest BCUT2D eigenvalue weighted by Gasteiger charge is -2.06. The maximum atomic E-state index is 5.42. The van der Waals surface area contributed by atoms with Crippen molar-refractivity contribution in [1.82, 2.24) is 0 Å². The molecular formula is C9H9ClO3. The first-order valence-corrected chi connectivity index (χ1v) is 4.33. The fraction of sp³-hybridized carbons (Fsp3) is 0.333. The van der Waals surface area contributed by atoms with Crippen LogP contribution in [-0.4, -0.2) is 19.3 Å². The van der Waals surface area contributed by atoms with E-state index in [0.29, 0.717) is 18.1 Å². The molecule has 0 saturated carbocycles. The largest absolute Gasteiger partial charge is 0.487 e. The summed E-state index contributed by atoms with van der Waals surface area (Å²) >= 11 is 5.25. The van der Waals surface area contributed by atoms with E-state index in [0.717, 1.165) is 6.61 Å². The van der Waals surface area contributed by atoms with E-state index in [2.05, 4.69) is 4.29 Å². The third-order valence-corrected chi connectivity index (χ3v) is 1.93. The first-order valence-electron chi connectivity index (χ1n) is 4.02. The van der Waals surface area contributed by atoms with Crippen LogP contribution >= 0.6 is 11.9 Å². The molecule has 1 fully saturated rings. The Balaban J connectivity index is 1.99. The van der Waals surface area contributed by atoms with Crippen molar-refractivity contribution in [1.29, 1.82) is 0 Å². The van der Waals surface area contributed by atoms with Gasteiger partial charge in [-0.1, -0.05) is 12.1 Å². The van der Waals surface area contributed by atoms with Gasteiger partial charge < -0.3 is 13.8 Å². The zero-order valence-electron chi connectivity index (χ0n) is 6.90. The second kappa shape index (κ2) is 3.85. The summed E-state index contributed by atoms with van der Waals surface area (Å²) in [5.74, 6) is 1.18. The monoisotopic (exact) mass is 200 g/mol. The molecule has 0 bridgehead atoms. The van der Waals surface area contributed by atoms with Gasteiger partial charge in [0.1, 0.15) is 24.6 Å². The molecule has 3 nitrogen and oxygen atoms in total. The van der Waals surface area contributed by atoms with Gasteiger partial charge in [0.2, 0.25) is 0 Å². The molecule has 1 aromatic rings. The lowest BCUT2D eigenvalue weighted by atomic mass is 10.3. The minimum atomic E-state index is 0.239. The third-order valence-electron chi connectivity index (χ3n) is 1.76. The third kappa shape index (κ3) is 2.26. The molecule has 1 saturated heterocycles. The topological polar surface area (TPSA) is 31.0 Å². The first kappa shape index (κ1) is 8.66. The number of rotatable bonds is 4. The van der Waals surface area contributed by atoms with Gasteiger partial charge in [-0.05, 0) is 12.1 Å². The average Bonchev–Trinajstić information content (AvgIpc) is 2.99. The normalized spacial score (nSPS) is 19.6. The van der Waals surface area contributed by atoms with Crippen LogP contribution in [0.15, 0.2) is 24.3 Å². The van der Waals surface area contributed by atoms with Crippen molar-refractivity contribution in [2.24, 2.45) is 0 Å². The molecule has 0 N–H and O–H groups in total. The molecule has 0 aromatic heterocycles. The second-order valence-electron chi connectivity index (χ2n) is 2.79. The lowest BCUT2D eigenvalue weighted by molar-refractivity contribution is 0.258. The van der Waals surface area contributed by atoms with Crippen LogP contribution in [0.4, 0.5) is 0 Å². The maximum absolute atomic E-state index is 5.42. The van der Waals surface area contributed by atoms with E-state index in [1.165, 1.54) is 0 Å². The van der Waals surface area contributed by atoms with E-state index in [1.54, 1.807) is 12.1 Å². The molecule has 1 aromatic carbocycles. The van der Waals surface area contributed by atoms with Crippen molar-refractivity contribution in [3.8, 4) is 11.5 Å². The number of epoxide rings is 1. The number of para-hydroxylation sites is 2. The van der Waals surface area contributed by atoms with Crippen LogP contribution in [0.5, 0.6) is 11.5 Å². The summed E-state index contributed by atoms with van der Waals surface area (Å²) < 4.78 is 15.0. The van der Waals surface area contributed by atoms with Crippen molar-refractivity contribution < 1.29 is 13.8 Å². The van der Waals surface area contributed by atoms with E-state index in [-0.39, 0.29) is 6.10 Å². The van der Waals surface area contributed by atoms with Crippen LogP contribution in [0.25, 0.3) is 0 Å². The van der Waals surface area contributed by atoms with Crippen LogP contribution in [0.1, 0.15) is 0 Å². The molecular weight excluding hydrogens is 192 g/mol. The molecule has 1 unspecified atom stereocenters. The van der Waals surface area contributed by atoms with E-state index in [9.17, 15) is 0 Å². The van der Waals surface area contributed by atoms with E-state index >= 15 is 0 Å². The molecule has 4 heteroatoms. The SMILES string of the molecule is ClOc1ccccc1OCC1CO1. The molecule has 1 heterocycles. The summed E-state index contributed by atoms with van der Waals surface area (Å²) in [7, 11) is 0. The van der Waals surface area contributed by atoms with Crippen LogP contribution < -0.4 is 9.03 Å². The van der Waals surface area contributed by atoms with Crippen molar-refractivity contribution in [3.63, 3.8) is 0 Å². The summed E-state index contributed by atoms with van der Waals surface area (Å²) in [5, 5.41) is 0. The molecule has 1 atom stereocenters. The van der Waals surface area contributed by atoms with Crippen molar-refractivity contribution in [3.05, 3.63) is 24.3 Å². The number of benzene rings is 1. The van der Waals surface area contributed by atoms with E-state index in [1.807, 2.05) is 12.1 Å². The Hall–Kier alpha value is -0.930. The average molecular weight is 201 g/mol. The van der Waals surface area contributed by atoms with Crippen molar-refractivity contribution in [2.75, 3.05) is 13.2 Å². The molecule has 0 spiro atoms. The summed E-state index contributed by atoms with van der Waals surface area (Å²) in [6.07, 6.45) is 0.239. The van der Waals surface area contributed by atoms with Gasteiger partial charge in [0, 0.05) is 0 Å². The van der Waals surface area contributed by atoms with Gasteiger partial charge in [-0.3, -0.25) is 0 Å². The number of ether oxygens (including phenoxy) is 2. The number of hydrogen-bond acceptors (Lipinski definition) is 3. The van der Waals surface area contributed by atoms with Gasteiger partial charge in [0.05, 0.1) is 6.61 Å². The van der Waals surface area contributed by atoms with Crippen LogP contribution in [0.2, 0.25) is 0 Å². The standard InChI is InChI=1S/C9H9ClO3/c10-13-9-4-2-1-3-8(9)12-6-7-5-11-7/h1-4,7H,5-6H2. The Labute approximate surface area is 81.3 Å². The molecule has 0 radical (unpaired) electrons. The fourth-order valence-corrected chi connectivity index (χ4v) is 1.11. The fourth-order valence-electron chi connectivity index (χ4n) is 0.980. The van der Waals surface area contributed by atoms with E-state index < -0.39 is 0 Å². The number of halogens is 1. The summed E-state index contributed by atoms with van der Waals surface area (Å²) in [6.45, 7) is 1.33. The Bertz CT molecular complexity index is 286. The zero-order chi connectivity index (χ0) is 9.10. The molecule has 1 aliphatic rings. The van der Waals surface area contributed by atoms with Crippen LogP contribution in [0, 0.1) is 0 Å². The van der Waals surface area contributed by atoms with Crippen LogP contribution in [-0.2, 0) is 4.74 Å². The molecule has 70 valence electrons. The quantitative estimate of drug-likeness (QED) is 0.697. The predicted molar refractivity (Wildman–Crippen MR) is 48.2 cm³/mol. The zero-order valence-corrected chi connectivity index (χ0v) is 7.66. The summed E-state index contributed by atoms with van der Waals surface area (Å²) in [4.78, 5) is 0. The highest BCUT2D eigenvalue weighted by Crippen LogP contribution is 2.28. The molecule has 2 rings (SSSR count). The molecule has 13 heavy (non-hydrogen) atoms. The van der Waals surface area contributed by atoms with Gasteiger partial charge in [-0.25, -0.2) is 0 Å². The van der Waals surface area contributed by atoms with Crippen molar-refractivity contribution >= 4 is 11.9 Å². The summed E-state index contributed by atoms with van der Waals surface area (Å²) in [6, 6.07) is 7.25. The highest BCUT2D eigenvalue weighted by atomic mass is 35.5. The second-order valence-corrected chi connectivity index (χ2v) is 2.94. The van der Waals surface area contributed by atoms with Gasteiger partial charge in [-0.2, -0.15) is 0 Å². The van der Waals surface area contributed by atoms with Gasteiger partial charge in [-0.15, -0.1) is 0 Å². The Kier molecular flexibility index (Phi) is 2.57. The lowest BCUT2D eigenvalue weighted by Crippen LogP contribution is -2.04. The smallest absolute Gasteiger partial charge is 0.188 e. The van der Waals surface area contributed by atoms with Crippen LogP contribution in [0.3, 0.4) is 0 Å². The number of hydrogen-bond donors (Lipinski definition) is 0. The minimum Gasteiger partial charge on any atom is -0.487 e. The molecule has 0 aliphatic carbocycles. The highest BCUT2D eigenvalue weighted by molar-refractivity contribution is 6.09. The first-order chi connectivity index (χ1) is 6.40.